The maximum atomic E-state index is 4.42. The monoisotopic (exact) mass is 222 g/mol. The summed E-state index contributed by atoms with van der Waals surface area (Å²) in [6.07, 6.45) is 8.30. The van der Waals surface area contributed by atoms with Gasteiger partial charge in [-0.2, -0.15) is 0 Å². The van der Waals surface area contributed by atoms with Crippen LogP contribution in [-0.2, 0) is 0 Å². The molecule has 1 aromatic rings. The number of anilines is 2. The Labute approximate surface area is 97.9 Å². The number of unbranched alkanes of at least 4 members (excludes halogenated alkanes) is 2. The lowest BCUT2D eigenvalue weighted by Crippen LogP contribution is -2.07. The van der Waals surface area contributed by atoms with E-state index in [2.05, 4.69) is 34.4 Å². The van der Waals surface area contributed by atoms with Gasteiger partial charge in [0.05, 0.1) is 12.4 Å². The molecule has 1 aromatic heterocycles. The van der Waals surface area contributed by atoms with Crippen molar-refractivity contribution in [2.45, 2.75) is 39.5 Å². The maximum absolute atomic E-state index is 4.42. The van der Waals surface area contributed by atoms with Crippen molar-refractivity contribution in [3.8, 4) is 0 Å². The third-order valence-corrected chi connectivity index (χ3v) is 2.28. The van der Waals surface area contributed by atoms with E-state index in [-0.39, 0.29) is 0 Å². The molecule has 2 N–H and O–H groups in total. The molecule has 0 bridgehead atoms. The average Bonchev–Trinajstić information content (AvgIpc) is 2.33. The maximum Gasteiger partial charge on any atom is 0.146 e. The number of hydrogen-bond donors (Lipinski definition) is 2. The number of rotatable bonds is 8. The van der Waals surface area contributed by atoms with Gasteiger partial charge in [0, 0.05) is 13.1 Å². The topological polar surface area (TPSA) is 49.8 Å². The molecule has 0 aliphatic carbocycles. The molecule has 0 atom stereocenters. The highest BCUT2D eigenvalue weighted by Gasteiger charge is 1.96. The molecule has 0 saturated heterocycles. The molecule has 0 aromatic carbocycles. The highest BCUT2D eigenvalue weighted by Crippen LogP contribution is 2.06. The molecule has 0 amide bonds. The minimum Gasteiger partial charge on any atom is -0.369 e. The summed E-state index contributed by atoms with van der Waals surface area (Å²) in [4.78, 5) is 8.57. The fraction of sp³-hybridized carbons (Fsp3) is 0.667. The Balaban J connectivity index is 2.35. The van der Waals surface area contributed by atoms with E-state index in [1.807, 2.05) is 0 Å². The van der Waals surface area contributed by atoms with Crippen LogP contribution in [0.4, 0.5) is 11.6 Å². The molecular weight excluding hydrogens is 200 g/mol. The van der Waals surface area contributed by atoms with Gasteiger partial charge in [0.15, 0.2) is 0 Å². The van der Waals surface area contributed by atoms with Crippen LogP contribution in [0.15, 0.2) is 12.4 Å². The van der Waals surface area contributed by atoms with Gasteiger partial charge in [-0.25, -0.2) is 4.98 Å². The van der Waals surface area contributed by atoms with Crippen LogP contribution in [0.1, 0.15) is 39.5 Å². The van der Waals surface area contributed by atoms with Crippen molar-refractivity contribution in [3.05, 3.63) is 12.4 Å². The zero-order valence-electron chi connectivity index (χ0n) is 10.3. The second-order valence-corrected chi connectivity index (χ2v) is 3.85. The van der Waals surface area contributed by atoms with Crippen molar-refractivity contribution >= 4 is 11.6 Å². The summed E-state index contributed by atoms with van der Waals surface area (Å²) in [7, 11) is 0. The van der Waals surface area contributed by atoms with Gasteiger partial charge in [0.2, 0.25) is 0 Å². The molecule has 0 saturated carbocycles. The normalized spacial score (nSPS) is 10.1. The predicted octanol–water partition coefficient (Wildman–Crippen LogP) is 2.90. The number of nitrogens with zero attached hydrogens (tertiary/aromatic N) is 2. The third kappa shape index (κ3) is 4.96. The number of aromatic nitrogens is 2. The van der Waals surface area contributed by atoms with Crippen LogP contribution in [0.2, 0.25) is 0 Å². The quantitative estimate of drug-likeness (QED) is 0.664. The second-order valence-electron chi connectivity index (χ2n) is 3.85. The molecule has 0 aliphatic rings. The molecule has 0 spiro atoms. The zero-order valence-corrected chi connectivity index (χ0v) is 10.3. The van der Waals surface area contributed by atoms with Crippen molar-refractivity contribution < 1.29 is 0 Å². The zero-order chi connectivity index (χ0) is 11.6. The second kappa shape index (κ2) is 7.91. The fourth-order valence-electron chi connectivity index (χ4n) is 1.38. The van der Waals surface area contributed by atoms with Gasteiger partial charge in [0.25, 0.3) is 0 Å². The Bertz CT molecular complexity index is 288. The summed E-state index contributed by atoms with van der Waals surface area (Å²) >= 11 is 0. The van der Waals surface area contributed by atoms with Crippen LogP contribution in [0.5, 0.6) is 0 Å². The van der Waals surface area contributed by atoms with Crippen LogP contribution in [-0.4, -0.2) is 23.1 Å². The lowest BCUT2D eigenvalue weighted by Gasteiger charge is -2.07. The summed E-state index contributed by atoms with van der Waals surface area (Å²) in [5.74, 6) is 1.71. The Morgan fingerprint density at radius 2 is 1.62 bits per heavy atom. The van der Waals surface area contributed by atoms with Crippen molar-refractivity contribution in [2.75, 3.05) is 23.7 Å². The van der Waals surface area contributed by atoms with E-state index in [1.54, 1.807) is 12.4 Å². The van der Waals surface area contributed by atoms with Crippen LogP contribution >= 0.6 is 0 Å². The van der Waals surface area contributed by atoms with E-state index >= 15 is 0 Å². The smallest absolute Gasteiger partial charge is 0.146 e. The first-order chi connectivity index (χ1) is 7.86. The van der Waals surface area contributed by atoms with Gasteiger partial charge in [-0.1, -0.05) is 26.7 Å². The summed E-state index contributed by atoms with van der Waals surface area (Å²) in [5.41, 5.74) is 0. The molecule has 0 unspecified atom stereocenters. The summed E-state index contributed by atoms with van der Waals surface area (Å²) in [6, 6.07) is 0. The Morgan fingerprint density at radius 3 is 2.25 bits per heavy atom. The Hall–Kier alpha value is -1.32. The van der Waals surface area contributed by atoms with E-state index < -0.39 is 0 Å². The SMILES string of the molecule is CCCCCNc1cncc(NCCC)n1. The lowest BCUT2D eigenvalue weighted by atomic mass is 10.2. The molecule has 16 heavy (non-hydrogen) atoms. The molecule has 0 radical (unpaired) electrons. The van der Waals surface area contributed by atoms with Crippen LogP contribution in [0.25, 0.3) is 0 Å². The third-order valence-electron chi connectivity index (χ3n) is 2.28. The van der Waals surface area contributed by atoms with Crippen molar-refractivity contribution in [2.24, 2.45) is 0 Å². The van der Waals surface area contributed by atoms with E-state index in [4.69, 9.17) is 0 Å². The van der Waals surface area contributed by atoms with Crippen molar-refractivity contribution in [1.82, 2.24) is 9.97 Å². The van der Waals surface area contributed by atoms with Crippen molar-refractivity contribution in [3.63, 3.8) is 0 Å². The molecule has 4 heteroatoms. The van der Waals surface area contributed by atoms with Gasteiger partial charge in [-0.05, 0) is 12.8 Å². The van der Waals surface area contributed by atoms with Gasteiger partial charge >= 0.3 is 0 Å². The molecule has 1 rings (SSSR count). The summed E-state index contributed by atoms with van der Waals surface area (Å²) < 4.78 is 0. The Morgan fingerprint density at radius 1 is 0.938 bits per heavy atom. The summed E-state index contributed by atoms with van der Waals surface area (Å²) in [5, 5.41) is 6.51. The largest absolute Gasteiger partial charge is 0.369 e. The van der Waals surface area contributed by atoms with Gasteiger partial charge in [0.1, 0.15) is 11.6 Å². The highest BCUT2D eigenvalue weighted by molar-refractivity contribution is 5.41. The highest BCUT2D eigenvalue weighted by atomic mass is 15.1. The van der Waals surface area contributed by atoms with Gasteiger partial charge in [-0.15, -0.1) is 0 Å². The van der Waals surface area contributed by atoms with Crippen LogP contribution < -0.4 is 10.6 Å². The average molecular weight is 222 g/mol. The van der Waals surface area contributed by atoms with Crippen LogP contribution in [0.3, 0.4) is 0 Å². The van der Waals surface area contributed by atoms with E-state index in [9.17, 15) is 0 Å². The fourth-order valence-corrected chi connectivity index (χ4v) is 1.38. The van der Waals surface area contributed by atoms with Crippen molar-refractivity contribution in [1.29, 1.82) is 0 Å². The molecular formula is C12H22N4. The first kappa shape index (κ1) is 12.7. The minimum absolute atomic E-state index is 0.849. The minimum atomic E-state index is 0.849. The predicted molar refractivity (Wildman–Crippen MR) is 68.8 cm³/mol. The Kier molecular flexibility index (Phi) is 6.30. The van der Waals surface area contributed by atoms with E-state index in [0.29, 0.717) is 0 Å². The molecule has 4 nitrogen and oxygen atoms in total. The number of nitrogens with one attached hydrogen (secondary N) is 2. The molecule has 0 fully saturated rings. The van der Waals surface area contributed by atoms with Gasteiger partial charge in [-0.3, -0.25) is 4.98 Å². The first-order valence-corrected chi connectivity index (χ1v) is 6.16. The van der Waals surface area contributed by atoms with Gasteiger partial charge < -0.3 is 10.6 Å². The molecule has 90 valence electrons. The first-order valence-electron chi connectivity index (χ1n) is 6.16. The van der Waals surface area contributed by atoms with E-state index in [1.165, 1.54) is 19.3 Å². The standard InChI is InChI=1S/C12H22N4/c1-3-5-6-8-15-12-10-13-9-11(16-12)14-7-4-2/h9-10H,3-8H2,1-2H3,(H2,14,15,16). The molecule has 1 heterocycles. The summed E-state index contributed by atoms with van der Waals surface area (Å²) in [6.45, 7) is 6.25. The molecule has 0 aliphatic heterocycles. The van der Waals surface area contributed by atoms with E-state index in [0.717, 1.165) is 31.1 Å². The van der Waals surface area contributed by atoms with Crippen LogP contribution in [0, 0.1) is 0 Å². The lowest BCUT2D eigenvalue weighted by molar-refractivity contribution is 0.742. The number of hydrogen-bond acceptors (Lipinski definition) is 4.